The number of nitriles is 1. The van der Waals surface area contributed by atoms with Gasteiger partial charge in [0.1, 0.15) is 35.9 Å². The van der Waals surface area contributed by atoms with Gasteiger partial charge in [-0.05, 0) is 51.8 Å². The molecule has 3 rings (SSSR count). The molecule has 0 bridgehead atoms. The third-order valence-corrected chi connectivity index (χ3v) is 5.51. The Morgan fingerprint density at radius 2 is 1.79 bits per heavy atom. The summed E-state index contributed by atoms with van der Waals surface area (Å²) in [5.74, 6) is 0.286. The van der Waals surface area contributed by atoms with Crippen molar-refractivity contribution in [2.75, 3.05) is 31.1 Å². The van der Waals surface area contributed by atoms with Crippen molar-refractivity contribution in [2.45, 2.75) is 41.0 Å². The van der Waals surface area contributed by atoms with Gasteiger partial charge in [0.25, 0.3) is 5.36 Å². The summed E-state index contributed by atoms with van der Waals surface area (Å²) >= 11 is 0. The fourth-order valence-electron chi connectivity index (χ4n) is 3.91. The van der Waals surface area contributed by atoms with Gasteiger partial charge in [0.05, 0.1) is 0 Å². The van der Waals surface area contributed by atoms with Gasteiger partial charge in [-0.1, -0.05) is 6.92 Å². The van der Waals surface area contributed by atoms with E-state index in [0.29, 0.717) is 41.0 Å². The number of aromatic hydroxyl groups is 1. The first-order valence-corrected chi connectivity index (χ1v) is 10.4. The summed E-state index contributed by atoms with van der Waals surface area (Å²) in [6.07, 6.45) is 0.886. The van der Waals surface area contributed by atoms with Crippen LogP contribution in [0.4, 0.5) is 5.69 Å². The third-order valence-electron chi connectivity index (χ3n) is 5.51. The van der Waals surface area contributed by atoms with Gasteiger partial charge >= 0.3 is 0 Å². The largest absolute Gasteiger partial charge is 0.500 e. The van der Waals surface area contributed by atoms with E-state index in [0.717, 1.165) is 30.7 Å². The maximum Gasteiger partial charge on any atom is 0.264 e. The normalized spacial score (nSPS) is 11.0. The van der Waals surface area contributed by atoms with Crippen LogP contribution in [0.3, 0.4) is 0 Å². The molecule has 0 aromatic heterocycles. The highest BCUT2D eigenvalue weighted by Crippen LogP contribution is 2.34. The maximum absolute atomic E-state index is 11.0. The lowest BCUT2D eigenvalue weighted by atomic mass is 10.1. The minimum Gasteiger partial charge on any atom is -0.500 e. The van der Waals surface area contributed by atoms with Crippen molar-refractivity contribution >= 4 is 16.8 Å². The summed E-state index contributed by atoms with van der Waals surface area (Å²) < 4.78 is 8.11. The Bertz CT molecular complexity index is 1110. The molecule has 0 saturated heterocycles. The quantitative estimate of drug-likeness (QED) is 0.510. The van der Waals surface area contributed by atoms with E-state index in [4.69, 9.17) is 9.40 Å². The molecule has 0 saturated carbocycles. The summed E-state index contributed by atoms with van der Waals surface area (Å²) in [4.78, 5) is 7.01. The van der Waals surface area contributed by atoms with E-state index < -0.39 is 0 Å². The fraction of sp³-hybridized carbons (Fsp3) is 0.435. The van der Waals surface area contributed by atoms with E-state index in [1.165, 1.54) is 5.56 Å². The topological polar surface area (TPSA) is 76.3 Å². The summed E-state index contributed by atoms with van der Waals surface area (Å²) in [5, 5.41) is 21.1. The third kappa shape index (κ3) is 3.53. The molecule has 1 aliphatic carbocycles. The number of aryl methyl sites for hydroxylation is 1. The van der Waals surface area contributed by atoms with Crippen LogP contribution < -0.4 is 14.8 Å². The molecule has 0 spiro atoms. The molecule has 0 fully saturated rings. The highest BCUT2D eigenvalue weighted by Gasteiger charge is 2.24. The summed E-state index contributed by atoms with van der Waals surface area (Å²) in [5.41, 5.74) is 4.57. The predicted octanol–water partition coefficient (Wildman–Crippen LogP) is 3.73. The second-order valence-corrected chi connectivity index (χ2v) is 6.94. The standard InChI is InChI=1S/C23H28N4O2/c1-6-15-11-17-20(13-19(15)26(7-2)8-3)29-23-18(25-17)12-16(14-24)21(22(23)28)27(9-4)10-5/h11-13H,6-10H2,1-5H3/p+1. The summed E-state index contributed by atoms with van der Waals surface area (Å²) in [6, 6.07) is 7.97. The molecule has 0 unspecified atom stereocenters. The average molecular weight is 394 g/mol. The number of fused-ring (bicyclic) bond motifs is 2. The molecule has 1 N–H and O–H groups in total. The Morgan fingerprint density at radius 3 is 2.34 bits per heavy atom. The minimum absolute atomic E-state index is 0.0268. The average Bonchev–Trinajstić information content (AvgIpc) is 2.75. The molecule has 0 amide bonds. The lowest BCUT2D eigenvalue weighted by Gasteiger charge is -2.24. The number of nitrogens with zero attached hydrogens (tertiary/aromatic N) is 4. The molecule has 152 valence electrons. The second-order valence-electron chi connectivity index (χ2n) is 6.94. The van der Waals surface area contributed by atoms with Gasteiger partial charge in [0, 0.05) is 24.8 Å². The zero-order valence-electron chi connectivity index (χ0n) is 17.9. The van der Waals surface area contributed by atoms with E-state index in [1.54, 1.807) is 6.07 Å². The fourth-order valence-corrected chi connectivity index (χ4v) is 3.91. The van der Waals surface area contributed by atoms with Crippen molar-refractivity contribution in [1.82, 2.24) is 9.56 Å². The first-order valence-electron chi connectivity index (χ1n) is 10.4. The van der Waals surface area contributed by atoms with E-state index in [2.05, 4.69) is 31.7 Å². The number of phenols is 1. The number of hydrogen-bond donors (Lipinski definition) is 1. The molecule has 29 heavy (non-hydrogen) atoms. The molecule has 1 aromatic rings. The molecule has 6 heteroatoms. The van der Waals surface area contributed by atoms with Gasteiger partial charge in [0.2, 0.25) is 11.5 Å². The Kier molecular flexibility index (Phi) is 6.07. The highest BCUT2D eigenvalue weighted by molar-refractivity contribution is 5.83. The highest BCUT2D eigenvalue weighted by atomic mass is 16.4. The van der Waals surface area contributed by atoms with Gasteiger partial charge in [0.15, 0.2) is 5.58 Å². The van der Waals surface area contributed by atoms with Gasteiger partial charge < -0.3 is 14.4 Å². The van der Waals surface area contributed by atoms with Gasteiger partial charge in [-0.3, -0.25) is 0 Å². The van der Waals surface area contributed by atoms with Crippen molar-refractivity contribution in [2.24, 2.45) is 0 Å². The van der Waals surface area contributed by atoms with Crippen LogP contribution in [-0.2, 0) is 6.42 Å². The summed E-state index contributed by atoms with van der Waals surface area (Å²) in [7, 11) is 0. The van der Waals surface area contributed by atoms with Crippen molar-refractivity contribution in [1.29, 1.82) is 5.26 Å². The summed E-state index contributed by atoms with van der Waals surface area (Å²) in [6.45, 7) is 13.5. The zero-order valence-corrected chi connectivity index (χ0v) is 17.9. The Balaban J connectivity index is 2.42. The minimum atomic E-state index is -0.0268. The van der Waals surface area contributed by atoms with E-state index in [9.17, 15) is 10.4 Å². The molecule has 1 aliphatic heterocycles. The number of hydrogen-bond acceptors (Lipinski definition) is 5. The molecule has 1 heterocycles. The molecule has 6 nitrogen and oxygen atoms in total. The van der Waals surface area contributed by atoms with Crippen LogP contribution in [0, 0.1) is 11.3 Å². The van der Waals surface area contributed by atoms with Gasteiger partial charge in [-0.15, -0.1) is 0 Å². The van der Waals surface area contributed by atoms with Crippen LogP contribution >= 0.6 is 0 Å². The van der Waals surface area contributed by atoms with Gasteiger partial charge in [-0.2, -0.15) is 5.26 Å². The van der Waals surface area contributed by atoms with E-state index in [1.807, 2.05) is 30.6 Å². The van der Waals surface area contributed by atoms with Crippen LogP contribution in [0.15, 0.2) is 22.6 Å². The van der Waals surface area contributed by atoms with Crippen LogP contribution in [-0.4, -0.2) is 36.3 Å². The zero-order chi connectivity index (χ0) is 21.1. The SMILES string of the molecule is CCc1cc2nc3cc(C#N)c(=[N+](CC)CC)c(O)c-3oc2cc1N(CC)CC. The van der Waals surface area contributed by atoms with E-state index >= 15 is 0 Å². The molecule has 2 aliphatic rings. The lowest BCUT2D eigenvalue weighted by molar-refractivity contribution is 0.436. The van der Waals surface area contributed by atoms with Crippen LogP contribution in [0.25, 0.3) is 22.6 Å². The Hall–Kier alpha value is -3.07. The number of phenolic OH excluding ortho intramolecular Hbond substituents is 1. The first kappa shape index (κ1) is 20.7. The van der Waals surface area contributed by atoms with Gasteiger partial charge in [-0.25, -0.2) is 9.56 Å². The molecule has 0 radical (unpaired) electrons. The molecule has 1 aromatic carbocycles. The first-order chi connectivity index (χ1) is 14.0. The maximum atomic E-state index is 11.0. The number of aromatic nitrogens is 1. The van der Waals surface area contributed by atoms with Crippen molar-refractivity contribution in [3.8, 4) is 23.3 Å². The number of rotatable bonds is 6. The number of benzene rings is 2. The predicted molar refractivity (Wildman–Crippen MR) is 116 cm³/mol. The molecule has 0 atom stereocenters. The second kappa shape index (κ2) is 8.52. The number of anilines is 1. The van der Waals surface area contributed by atoms with Crippen molar-refractivity contribution in [3.63, 3.8) is 0 Å². The Morgan fingerprint density at radius 1 is 1.10 bits per heavy atom. The van der Waals surface area contributed by atoms with E-state index in [-0.39, 0.29) is 5.75 Å². The monoisotopic (exact) mass is 393 g/mol. The lowest BCUT2D eigenvalue weighted by Crippen LogP contribution is -2.32. The smallest absolute Gasteiger partial charge is 0.264 e. The van der Waals surface area contributed by atoms with Crippen LogP contribution in [0.5, 0.6) is 5.75 Å². The van der Waals surface area contributed by atoms with Crippen LogP contribution in [0.1, 0.15) is 45.7 Å². The van der Waals surface area contributed by atoms with Crippen molar-refractivity contribution in [3.05, 3.63) is 34.7 Å². The van der Waals surface area contributed by atoms with Crippen LogP contribution in [0.2, 0.25) is 0 Å². The van der Waals surface area contributed by atoms with Crippen molar-refractivity contribution < 1.29 is 9.52 Å². The molecular weight excluding hydrogens is 364 g/mol. The molecular formula is C23H29N4O2+. The Labute approximate surface area is 171 Å².